The van der Waals surface area contributed by atoms with Gasteiger partial charge in [0.25, 0.3) is 5.91 Å². The average molecular weight is 379 g/mol. The fraction of sp³-hybridized carbons (Fsp3) is 0.263. The summed E-state index contributed by atoms with van der Waals surface area (Å²) in [6, 6.07) is 11.1. The SMILES string of the molecule is Cc1ccc(C(C)C)cc1OCC(=O)N/N=C\c1c(Cl)cccc1Cl. The molecule has 0 atom stereocenters. The summed E-state index contributed by atoms with van der Waals surface area (Å²) in [6.07, 6.45) is 1.41. The number of carbonyl (C=O) groups excluding carboxylic acids is 1. The smallest absolute Gasteiger partial charge is 0.277 e. The van der Waals surface area contributed by atoms with Gasteiger partial charge in [-0.05, 0) is 42.2 Å². The molecule has 0 saturated carbocycles. The number of hydrazone groups is 1. The maximum absolute atomic E-state index is 11.9. The highest BCUT2D eigenvalue weighted by atomic mass is 35.5. The van der Waals surface area contributed by atoms with Crippen molar-refractivity contribution in [1.29, 1.82) is 0 Å². The molecule has 0 aliphatic heterocycles. The predicted molar refractivity (Wildman–Crippen MR) is 103 cm³/mol. The van der Waals surface area contributed by atoms with E-state index >= 15 is 0 Å². The molecule has 2 aromatic rings. The Kier molecular flexibility index (Phi) is 6.85. The minimum atomic E-state index is -0.367. The second kappa shape index (κ2) is 8.88. The second-order valence-electron chi connectivity index (χ2n) is 5.90. The van der Waals surface area contributed by atoms with Crippen molar-refractivity contribution in [2.75, 3.05) is 6.61 Å². The first-order valence-electron chi connectivity index (χ1n) is 7.87. The minimum absolute atomic E-state index is 0.129. The topological polar surface area (TPSA) is 50.7 Å². The van der Waals surface area contributed by atoms with Gasteiger partial charge in [0.15, 0.2) is 6.61 Å². The zero-order valence-electron chi connectivity index (χ0n) is 14.3. The van der Waals surface area contributed by atoms with Crippen LogP contribution in [0.5, 0.6) is 5.75 Å². The molecule has 0 aliphatic rings. The molecule has 0 unspecified atom stereocenters. The maximum atomic E-state index is 11.9. The molecular formula is C19H20Cl2N2O2. The van der Waals surface area contributed by atoms with Crippen LogP contribution < -0.4 is 10.2 Å². The van der Waals surface area contributed by atoms with Gasteiger partial charge in [0.05, 0.1) is 16.3 Å². The number of nitrogens with zero attached hydrogens (tertiary/aromatic N) is 1. The monoisotopic (exact) mass is 378 g/mol. The van der Waals surface area contributed by atoms with E-state index in [1.165, 1.54) is 6.21 Å². The lowest BCUT2D eigenvalue weighted by Gasteiger charge is -2.12. The number of rotatable bonds is 6. The largest absolute Gasteiger partial charge is 0.483 e. The van der Waals surface area contributed by atoms with Gasteiger partial charge in [-0.2, -0.15) is 5.10 Å². The van der Waals surface area contributed by atoms with Crippen LogP contribution in [0.2, 0.25) is 10.0 Å². The van der Waals surface area contributed by atoms with Crippen LogP contribution in [0.4, 0.5) is 0 Å². The van der Waals surface area contributed by atoms with Crippen LogP contribution in [0.1, 0.15) is 36.5 Å². The summed E-state index contributed by atoms with van der Waals surface area (Å²) in [5.41, 5.74) is 5.08. The number of benzene rings is 2. The van der Waals surface area contributed by atoms with Gasteiger partial charge in [-0.15, -0.1) is 0 Å². The van der Waals surface area contributed by atoms with Crippen LogP contribution >= 0.6 is 23.2 Å². The quantitative estimate of drug-likeness (QED) is 0.570. The number of hydrogen-bond acceptors (Lipinski definition) is 3. The fourth-order valence-electron chi connectivity index (χ4n) is 2.11. The van der Waals surface area contributed by atoms with E-state index in [0.717, 1.165) is 11.1 Å². The van der Waals surface area contributed by atoms with Gasteiger partial charge in [-0.25, -0.2) is 5.43 Å². The van der Waals surface area contributed by atoms with Crippen molar-refractivity contribution < 1.29 is 9.53 Å². The third-order valence-corrected chi connectivity index (χ3v) is 4.28. The van der Waals surface area contributed by atoms with Crippen LogP contribution in [-0.4, -0.2) is 18.7 Å². The zero-order valence-corrected chi connectivity index (χ0v) is 15.9. The molecule has 132 valence electrons. The Hall–Kier alpha value is -2.04. The summed E-state index contributed by atoms with van der Waals surface area (Å²) in [5, 5.41) is 4.79. The van der Waals surface area contributed by atoms with Crippen molar-refractivity contribution in [3.05, 3.63) is 63.1 Å². The van der Waals surface area contributed by atoms with Gasteiger partial charge in [0.2, 0.25) is 0 Å². The minimum Gasteiger partial charge on any atom is -0.483 e. The lowest BCUT2D eigenvalue weighted by Crippen LogP contribution is -2.24. The second-order valence-corrected chi connectivity index (χ2v) is 6.71. The summed E-state index contributed by atoms with van der Waals surface area (Å²) in [5.74, 6) is 0.718. The van der Waals surface area contributed by atoms with E-state index in [-0.39, 0.29) is 12.5 Å². The van der Waals surface area contributed by atoms with Gasteiger partial charge < -0.3 is 4.74 Å². The molecule has 0 aliphatic carbocycles. The van der Waals surface area contributed by atoms with E-state index in [4.69, 9.17) is 27.9 Å². The molecular weight excluding hydrogens is 359 g/mol. The molecule has 0 fully saturated rings. The molecule has 0 heterocycles. The number of hydrogen-bond donors (Lipinski definition) is 1. The van der Waals surface area contributed by atoms with Gasteiger partial charge in [0.1, 0.15) is 5.75 Å². The third kappa shape index (κ3) is 5.48. The van der Waals surface area contributed by atoms with E-state index in [9.17, 15) is 4.79 Å². The normalized spacial score (nSPS) is 11.1. The Labute approximate surface area is 157 Å². The van der Waals surface area contributed by atoms with E-state index in [0.29, 0.717) is 27.3 Å². The Balaban J connectivity index is 1.93. The number of aryl methyl sites for hydroxylation is 1. The summed E-state index contributed by atoms with van der Waals surface area (Å²) in [7, 11) is 0. The van der Waals surface area contributed by atoms with Crippen LogP contribution in [0.3, 0.4) is 0 Å². The van der Waals surface area contributed by atoms with Gasteiger partial charge >= 0.3 is 0 Å². The molecule has 0 spiro atoms. The Bertz CT molecular complexity index is 769. The lowest BCUT2D eigenvalue weighted by molar-refractivity contribution is -0.123. The van der Waals surface area contributed by atoms with Crippen molar-refractivity contribution >= 4 is 35.3 Å². The standard InChI is InChI=1S/C19H20Cl2N2O2/c1-12(2)14-8-7-13(3)18(9-14)25-11-19(24)23-22-10-15-16(20)5-4-6-17(15)21/h4-10,12H,11H2,1-3H3,(H,23,24)/b22-10-. The highest BCUT2D eigenvalue weighted by molar-refractivity contribution is 6.38. The molecule has 2 aromatic carbocycles. The Morgan fingerprint density at radius 3 is 2.56 bits per heavy atom. The fourth-order valence-corrected chi connectivity index (χ4v) is 2.60. The summed E-state index contributed by atoms with van der Waals surface area (Å²) >= 11 is 12.1. The maximum Gasteiger partial charge on any atom is 0.277 e. The first kappa shape index (κ1) is 19.3. The van der Waals surface area contributed by atoms with E-state index in [1.807, 2.05) is 19.1 Å². The van der Waals surface area contributed by atoms with Crippen LogP contribution in [-0.2, 0) is 4.79 Å². The van der Waals surface area contributed by atoms with E-state index < -0.39 is 0 Å². The first-order chi connectivity index (χ1) is 11.9. The van der Waals surface area contributed by atoms with Crippen molar-refractivity contribution in [3.63, 3.8) is 0 Å². The molecule has 0 radical (unpaired) electrons. The Morgan fingerprint density at radius 2 is 1.92 bits per heavy atom. The molecule has 1 amide bonds. The third-order valence-electron chi connectivity index (χ3n) is 3.62. The van der Waals surface area contributed by atoms with Crippen molar-refractivity contribution in [2.45, 2.75) is 26.7 Å². The first-order valence-corrected chi connectivity index (χ1v) is 8.63. The predicted octanol–water partition coefficient (Wildman–Crippen LogP) is 4.95. The van der Waals surface area contributed by atoms with Crippen molar-refractivity contribution in [3.8, 4) is 5.75 Å². The highest BCUT2D eigenvalue weighted by Crippen LogP contribution is 2.24. The van der Waals surface area contributed by atoms with Crippen LogP contribution in [0, 0.1) is 6.92 Å². The van der Waals surface area contributed by atoms with E-state index in [1.54, 1.807) is 18.2 Å². The van der Waals surface area contributed by atoms with Gasteiger partial charge in [0, 0.05) is 5.56 Å². The number of halogens is 2. The Morgan fingerprint density at radius 1 is 1.24 bits per heavy atom. The summed E-state index contributed by atoms with van der Waals surface area (Å²) in [6.45, 7) is 6.02. The van der Waals surface area contributed by atoms with Crippen LogP contribution in [0.15, 0.2) is 41.5 Å². The number of carbonyl (C=O) groups is 1. The molecule has 1 N–H and O–H groups in total. The number of amides is 1. The average Bonchev–Trinajstić information content (AvgIpc) is 2.56. The molecule has 4 nitrogen and oxygen atoms in total. The van der Waals surface area contributed by atoms with Crippen LogP contribution in [0.25, 0.3) is 0 Å². The van der Waals surface area contributed by atoms with Crippen molar-refractivity contribution in [2.24, 2.45) is 5.10 Å². The molecule has 0 bridgehead atoms. The van der Waals surface area contributed by atoms with E-state index in [2.05, 4.69) is 30.4 Å². The number of ether oxygens (including phenoxy) is 1. The highest BCUT2D eigenvalue weighted by Gasteiger charge is 2.08. The zero-order chi connectivity index (χ0) is 18.4. The number of nitrogens with one attached hydrogen (secondary N) is 1. The molecule has 25 heavy (non-hydrogen) atoms. The lowest BCUT2D eigenvalue weighted by atomic mass is 10.0. The summed E-state index contributed by atoms with van der Waals surface area (Å²) < 4.78 is 5.60. The van der Waals surface area contributed by atoms with Gasteiger partial charge in [-0.3, -0.25) is 4.79 Å². The molecule has 6 heteroatoms. The van der Waals surface area contributed by atoms with Crippen molar-refractivity contribution in [1.82, 2.24) is 5.43 Å². The molecule has 0 saturated heterocycles. The summed E-state index contributed by atoms with van der Waals surface area (Å²) in [4.78, 5) is 11.9. The molecule has 2 rings (SSSR count). The van der Waals surface area contributed by atoms with Gasteiger partial charge in [-0.1, -0.05) is 55.2 Å². The molecule has 0 aromatic heterocycles.